The number of carboxylic acids is 3. The van der Waals surface area contributed by atoms with Gasteiger partial charge in [0.15, 0.2) is 0 Å². The van der Waals surface area contributed by atoms with E-state index in [-0.39, 0.29) is 0 Å². The second-order valence-corrected chi connectivity index (χ2v) is 8.88. The van der Waals surface area contributed by atoms with Gasteiger partial charge in [0.1, 0.15) is 24.2 Å². The zero-order valence-electron chi connectivity index (χ0n) is 21.8. The molecule has 0 aromatic rings. The Morgan fingerprint density at radius 1 is 0.692 bits per heavy atom. The van der Waals surface area contributed by atoms with E-state index in [1.165, 1.54) is 13.8 Å². The lowest BCUT2D eigenvalue weighted by atomic mass is 9.97. The molecule has 39 heavy (non-hydrogen) atoms. The second-order valence-electron chi connectivity index (χ2n) is 8.88. The van der Waals surface area contributed by atoms with Gasteiger partial charge in [0.2, 0.25) is 29.5 Å². The Kier molecular flexibility index (Phi) is 14.7. The molecule has 0 radical (unpaired) electrons. The molecule has 17 nitrogen and oxygen atoms in total. The summed E-state index contributed by atoms with van der Waals surface area (Å²) in [5, 5.41) is 36.0. The Morgan fingerprint density at radius 2 is 1.21 bits per heavy atom. The predicted octanol–water partition coefficient (Wildman–Crippen LogP) is -3.38. The summed E-state index contributed by atoms with van der Waals surface area (Å²) in [6, 6.07) is -7.40. The van der Waals surface area contributed by atoms with Gasteiger partial charge in [-0.2, -0.15) is 0 Å². The van der Waals surface area contributed by atoms with Crippen LogP contribution in [-0.2, 0) is 38.4 Å². The molecule has 11 N–H and O–H groups in total. The normalized spacial score (nSPS) is 15.3. The molecule has 0 aliphatic carbocycles. The van der Waals surface area contributed by atoms with Crippen LogP contribution in [0.1, 0.15) is 52.9 Å². The van der Waals surface area contributed by atoms with E-state index in [0.29, 0.717) is 6.42 Å². The molecule has 0 aliphatic rings. The van der Waals surface area contributed by atoms with Gasteiger partial charge in [-0.25, -0.2) is 4.79 Å². The summed E-state index contributed by atoms with van der Waals surface area (Å²) < 4.78 is 0. The van der Waals surface area contributed by atoms with Gasteiger partial charge in [-0.15, -0.1) is 0 Å². The van der Waals surface area contributed by atoms with Crippen LogP contribution < -0.4 is 32.7 Å². The summed E-state index contributed by atoms with van der Waals surface area (Å²) in [7, 11) is 0. The molecule has 0 bridgehead atoms. The SMILES string of the molecule is CC[C@H](C)[C@H](NC(=O)[C@H](CCC(=O)O)NC(=O)[C@H](CC(N)=O)NC(=O)[C@H](C)N)C(=O)N[C@@H](CC(=O)O)C(=O)O. The number of rotatable bonds is 18. The van der Waals surface area contributed by atoms with Crippen molar-refractivity contribution in [3.63, 3.8) is 0 Å². The molecule has 0 rings (SSSR count). The van der Waals surface area contributed by atoms with Crippen molar-refractivity contribution in [3.05, 3.63) is 0 Å². The highest BCUT2D eigenvalue weighted by Gasteiger charge is 2.34. The summed E-state index contributed by atoms with van der Waals surface area (Å²) >= 11 is 0. The molecule has 0 saturated carbocycles. The van der Waals surface area contributed by atoms with Gasteiger partial charge in [0.05, 0.1) is 18.9 Å². The van der Waals surface area contributed by atoms with E-state index in [0.717, 1.165) is 0 Å². The van der Waals surface area contributed by atoms with E-state index in [2.05, 4.69) is 16.0 Å². The molecule has 0 fully saturated rings. The zero-order valence-corrected chi connectivity index (χ0v) is 21.8. The molecule has 0 spiro atoms. The number of nitrogens with one attached hydrogen (secondary N) is 4. The molecule has 6 atom stereocenters. The number of carbonyl (C=O) groups excluding carboxylic acids is 5. The highest BCUT2D eigenvalue weighted by molar-refractivity contribution is 5.97. The molecule has 0 unspecified atom stereocenters. The number of nitrogens with two attached hydrogens (primary N) is 2. The monoisotopic (exact) mass is 560 g/mol. The number of primary amides is 1. The average Bonchev–Trinajstić information content (AvgIpc) is 2.82. The van der Waals surface area contributed by atoms with E-state index in [1.807, 2.05) is 5.32 Å². The van der Waals surface area contributed by atoms with Crippen LogP contribution in [0.3, 0.4) is 0 Å². The minimum atomic E-state index is -1.80. The average molecular weight is 561 g/mol. The Hall–Kier alpha value is -4.28. The van der Waals surface area contributed by atoms with Crippen LogP contribution in [0.5, 0.6) is 0 Å². The Balaban J connectivity index is 5.95. The topological polar surface area (TPSA) is 297 Å². The minimum Gasteiger partial charge on any atom is -0.481 e. The van der Waals surface area contributed by atoms with Crippen LogP contribution >= 0.6 is 0 Å². The molecule has 17 heteroatoms. The number of hydrogen-bond donors (Lipinski definition) is 9. The fourth-order valence-electron chi connectivity index (χ4n) is 3.11. The van der Waals surface area contributed by atoms with E-state index >= 15 is 0 Å². The van der Waals surface area contributed by atoms with Gasteiger partial charge in [0, 0.05) is 6.42 Å². The van der Waals surface area contributed by atoms with Crippen LogP contribution in [0, 0.1) is 5.92 Å². The first-order valence-electron chi connectivity index (χ1n) is 11.9. The first kappa shape index (κ1) is 34.7. The number of amides is 5. The fraction of sp³-hybridized carbons (Fsp3) is 0.636. The van der Waals surface area contributed by atoms with Crippen molar-refractivity contribution < 1.29 is 53.7 Å². The molecule has 220 valence electrons. The predicted molar refractivity (Wildman–Crippen MR) is 131 cm³/mol. The molecular formula is C22H36N6O11. The molecular weight excluding hydrogens is 524 g/mol. The number of carboxylic acid groups (broad SMARTS) is 3. The smallest absolute Gasteiger partial charge is 0.326 e. The zero-order chi connectivity index (χ0) is 30.4. The number of hydrogen-bond acceptors (Lipinski definition) is 9. The maximum Gasteiger partial charge on any atom is 0.326 e. The first-order valence-corrected chi connectivity index (χ1v) is 11.9. The van der Waals surface area contributed by atoms with Crippen LogP contribution in [-0.4, -0.2) is 93.0 Å². The molecule has 0 aromatic heterocycles. The third kappa shape index (κ3) is 13.2. The second kappa shape index (κ2) is 16.5. The molecule has 0 heterocycles. The van der Waals surface area contributed by atoms with Crippen LogP contribution in [0.15, 0.2) is 0 Å². The minimum absolute atomic E-state index is 0.297. The summed E-state index contributed by atoms with van der Waals surface area (Å²) in [6.45, 7) is 4.50. The maximum atomic E-state index is 13.1. The van der Waals surface area contributed by atoms with Crippen molar-refractivity contribution in [2.24, 2.45) is 17.4 Å². The third-order valence-electron chi connectivity index (χ3n) is 5.52. The van der Waals surface area contributed by atoms with Crippen molar-refractivity contribution >= 4 is 47.4 Å². The van der Waals surface area contributed by atoms with Crippen molar-refractivity contribution in [1.82, 2.24) is 21.3 Å². The van der Waals surface area contributed by atoms with Gasteiger partial charge in [-0.05, 0) is 19.3 Å². The molecule has 0 aliphatic heterocycles. The van der Waals surface area contributed by atoms with E-state index in [1.54, 1.807) is 6.92 Å². The summed E-state index contributed by atoms with van der Waals surface area (Å²) in [5.74, 6) is -9.97. The molecule has 5 amide bonds. The third-order valence-corrected chi connectivity index (χ3v) is 5.52. The van der Waals surface area contributed by atoms with E-state index in [9.17, 15) is 43.5 Å². The van der Waals surface area contributed by atoms with Crippen LogP contribution in [0.2, 0.25) is 0 Å². The lowest BCUT2D eigenvalue weighted by molar-refractivity contribution is -0.147. The standard InChI is InChI=1S/C22H36N6O11/c1-4-9(2)17(21(37)27-13(22(38)39)8-16(32)33)28-19(35)11(5-6-15(30)31)25-20(36)12(7-14(24)29)26-18(34)10(3)23/h9-13,17H,4-8,23H2,1-3H3,(H2,24,29)(H,25,36)(H,26,34)(H,27,37)(H,28,35)(H,30,31)(H,32,33)(H,38,39)/t9-,10-,11-,12-,13-,17-/m0/s1. The highest BCUT2D eigenvalue weighted by atomic mass is 16.4. The number of carbonyl (C=O) groups is 8. The van der Waals surface area contributed by atoms with Gasteiger partial charge in [0.25, 0.3) is 0 Å². The maximum absolute atomic E-state index is 13.1. The van der Waals surface area contributed by atoms with E-state index < -0.39 is 109 Å². The largest absolute Gasteiger partial charge is 0.481 e. The lowest BCUT2D eigenvalue weighted by Gasteiger charge is -2.28. The Labute approximate surface area is 223 Å². The van der Waals surface area contributed by atoms with Gasteiger partial charge < -0.3 is 48.1 Å². The number of aliphatic carboxylic acids is 3. The van der Waals surface area contributed by atoms with Crippen molar-refractivity contribution in [1.29, 1.82) is 0 Å². The van der Waals surface area contributed by atoms with Crippen molar-refractivity contribution in [2.45, 2.75) is 83.1 Å². The fourth-order valence-corrected chi connectivity index (χ4v) is 3.11. The van der Waals surface area contributed by atoms with Gasteiger partial charge >= 0.3 is 17.9 Å². The van der Waals surface area contributed by atoms with Gasteiger partial charge in [-0.1, -0.05) is 20.3 Å². The Bertz CT molecular complexity index is 955. The highest BCUT2D eigenvalue weighted by Crippen LogP contribution is 2.11. The summed E-state index contributed by atoms with van der Waals surface area (Å²) in [5.41, 5.74) is 10.6. The summed E-state index contributed by atoms with van der Waals surface area (Å²) in [4.78, 5) is 95.5. The van der Waals surface area contributed by atoms with Crippen molar-refractivity contribution in [3.8, 4) is 0 Å². The molecule has 0 aromatic carbocycles. The van der Waals surface area contributed by atoms with Gasteiger partial charge in [-0.3, -0.25) is 33.6 Å². The molecule has 0 saturated heterocycles. The van der Waals surface area contributed by atoms with Crippen molar-refractivity contribution in [2.75, 3.05) is 0 Å². The Morgan fingerprint density at radius 3 is 1.64 bits per heavy atom. The van der Waals surface area contributed by atoms with Crippen LogP contribution in [0.25, 0.3) is 0 Å². The quantitative estimate of drug-likeness (QED) is 0.0793. The van der Waals surface area contributed by atoms with Crippen LogP contribution in [0.4, 0.5) is 0 Å². The lowest BCUT2D eigenvalue weighted by Crippen LogP contribution is -2.60. The first-order chi connectivity index (χ1) is 18.0. The van der Waals surface area contributed by atoms with E-state index in [4.69, 9.17) is 21.7 Å². The summed E-state index contributed by atoms with van der Waals surface area (Å²) in [6.07, 6.45) is -2.39.